The first kappa shape index (κ1) is 64.6. The van der Waals surface area contributed by atoms with Crippen molar-refractivity contribution >= 4 is 93.8 Å². The van der Waals surface area contributed by atoms with Crippen LogP contribution < -0.4 is 14.3 Å². The molecule has 1 aliphatic carbocycles. The summed E-state index contributed by atoms with van der Waals surface area (Å²) >= 11 is 0. The third-order valence-corrected chi connectivity index (χ3v) is 13.3. The fraction of sp³-hybridized carbons (Fsp3) is 0.469. The Morgan fingerprint density at radius 2 is 0.973 bits per heavy atom. The van der Waals surface area contributed by atoms with E-state index in [0.717, 1.165) is 21.1 Å². The fourth-order valence-electron chi connectivity index (χ4n) is 7.05. The Balaban J connectivity index is 0.00000126. The van der Waals surface area contributed by atoms with Crippen LogP contribution in [0.3, 0.4) is 0 Å². The van der Waals surface area contributed by atoms with Crippen LogP contribution in [0.4, 0.5) is 20.7 Å². The second-order valence-corrected chi connectivity index (χ2v) is 22.0. The smallest absolute Gasteiger partial charge is 1.00 e. The molecule has 2 aromatic heterocycles. The zero-order valence-corrected chi connectivity index (χ0v) is 46.1. The molecule has 0 unspecified atom stereocenters. The molecular formula is C49H69CaF2N7O12S2. The Labute approximate surface area is 459 Å². The zero-order valence-electron chi connectivity index (χ0n) is 44.3. The number of aliphatic hydroxyl groups excluding tert-OH is 4. The topological polar surface area (TPSA) is 308 Å². The van der Waals surface area contributed by atoms with E-state index in [1.807, 2.05) is 27.7 Å². The maximum Gasteiger partial charge on any atom is 2.00 e. The van der Waals surface area contributed by atoms with Gasteiger partial charge in [0.05, 0.1) is 72.5 Å². The molecule has 400 valence electrons. The number of halogens is 2. The summed E-state index contributed by atoms with van der Waals surface area (Å²) in [7, 11) is -4.65. The van der Waals surface area contributed by atoms with Crippen molar-refractivity contribution in [1.29, 1.82) is 0 Å². The summed E-state index contributed by atoms with van der Waals surface area (Å²) in [4.78, 5) is 39.1. The van der Waals surface area contributed by atoms with Crippen molar-refractivity contribution < 1.29 is 68.7 Å². The van der Waals surface area contributed by atoms with Crippen molar-refractivity contribution in [2.24, 2.45) is 5.73 Å². The van der Waals surface area contributed by atoms with E-state index in [-0.39, 0.29) is 77.2 Å². The Morgan fingerprint density at radius 1 is 0.658 bits per heavy atom. The van der Waals surface area contributed by atoms with Gasteiger partial charge < -0.3 is 39.2 Å². The predicted molar refractivity (Wildman–Crippen MR) is 280 cm³/mol. The number of aliphatic hydroxyl groups is 4. The number of carbonyl (C=O) groups is 2. The summed E-state index contributed by atoms with van der Waals surface area (Å²) < 4.78 is 77.2. The molecule has 1 aliphatic rings. The molecule has 73 heavy (non-hydrogen) atoms. The minimum atomic E-state index is -3.65. The van der Waals surface area contributed by atoms with Crippen molar-refractivity contribution in [3.63, 3.8) is 0 Å². The van der Waals surface area contributed by atoms with Crippen LogP contribution >= 0.6 is 0 Å². The number of aliphatic carboxylic acids is 2. The Bertz CT molecular complexity index is 2560. The molecule has 0 bridgehead atoms. The quantitative estimate of drug-likeness (QED) is 0.0535. The van der Waals surface area contributed by atoms with Gasteiger partial charge in [-0.15, -0.1) is 0 Å². The van der Waals surface area contributed by atoms with Crippen molar-refractivity contribution in [1.82, 2.24) is 19.9 Å². The largest absolute Gasteiger partial charge is 2.00 e. The van der Waals surface area contributed by atoms with E-state index in [0.29, 0.717) is 51.1 Å². The van der Waals surface area contributed by atoms with E-state index >= 15 is 0 Å². The first-order valence-electron chi connectivity index (χ1n) is 23.0. The van der Waals surface area contributed by atoms with Gasteiger partial charge >= 0.3 is 49.7 Å². The van der Waals surface area contributed by atoms with Crippen LogP contribution in [0.1, 0.15) is 116 Å². The van der Waals surface area contributed by atoms with Crippen LogP contribution in [0.2, 0.25) is 0 Å². The number of rotatable bonds is 20. The summed E-state index contributed by atoms with van der Waals surface area (Å²) in [6.45, 7) is 7.41. The molecule has 8 N–H and O–H groups in total. The van der Waals surface area contributed by atoms with Gasteiger partial charge in [-0.25, -0.2) is 54.2 Å². The molecule has 1 fully saturated rings. The first-order valence-corrected chi connectivity index (χ1v) is 26.7. The van der Waals surface area contributed by atoms with Crippen molar-refractivity contribution in [3.8, 4) is 22.5 Å². The van der Waals surface area contributed by atoms with E-state index in [1.165, 1.54) is 113 Å². The second kappa shape index (κ2) is 29.5. The number of nitrogens with two attached hydrogens (primary N) is 1. The number of carboxylic acids is 2. The molecule has 19 nitrogen and oxygen atoms in total. The van der Waals surface area contributed by atoms with Gasteiger partial charge in [0, 0.05) is 55.2 Å². The van der Waals surface area contributed by atoms with Crippen molar-refractivity contribution in [2.75, 3.05) is 35.2 Å². The molecule has 0 spiro atoms. The molecule has 2 heterocycles. The summed E-state index contributed by atoms with van der Waals surface area (Å²) in [5.41, 5.74) is 9.14. The SMILES string of the molecule is CC(C)c1nc(N(C)S(C)(=O)=O)nc(-c2ccc(F)cc2)c1C=C[C@@H](O)C[C@@H](O)CC(=O)O.CC(C)c1nc(N(C)S(C)(=O)=O)nc(-c2ccc(F)cc2)c1C=C[C@@H](O)C[C@@H](O)CC(=O)O.NC1CCCC1.[Ca+2].[H-].[H-]. The van der Waals surface area contributed by atoms with E-state index in [2.05, 4.69) is 19.9 Å². The van der Waals surface area contributed by atoms with Crippen LogP contribution in [-0.4, -0.2) is 174 Å². The van der Waals surface area contributed by atoms with Crippen molar-refractivity contribution in [3.05, 3.63) is 94.8 Å². The van der Waals surface area contributed by atoms with Crippen molar-refractivity contribution in [2.45, 2.75) is 121 Å². The number of hydrogen-bond donors (Lipinski definition) is 7. The monoisotopic (exact) mass is 1090 g/mol. The van der Waals surface area contributed by atoms with Gasteiger partial charge in [0.2, 0.25) is 31.9 Å². The summed E-state index contributed by atoms with van der Waals surface area (Å²) in [6, 6.07) is 11.5. The minimum Gasteiger partial charge on any atom is -1.00 e. The third-order valence-electron chi connectivity index (χ3n) is 11.0. The van der Waals surface area contributed by atoms with Crippen LogP contribution in [0.25, 0.3) is 34.7 Å². The van der Waals surface area contributed by atoms with E-state index in [1.54, 1.807) is 0 Å². The van der Waals surface area contributed by atoms with Gasteiger partial charge in [0.25, 0.3) is 0 Å². The van der Waals surface area contributed by atoms with Crippen LogP contribution in [0.15, 0.2) is 60.7 Å². The number of aromatic nitrogens is 4. The van der Waals surface area contributed by atoms with Gasteiger partial charge in [-0.1, -0.05) is 64.8 Å². The van der Waals surface area contributed by atoms with E-state index in [4.69, 9.17) is 15.9 Å². The normalized spacial score (nSPS) is 14.7. The molecule has 24 heteroatoms. The molecule has 0 aliphatic heterocycles. The average Bonchev–Trinajstić information content (AvgIpc) is 3.76. The van der Waals surface area contributed by atoms with Gasteiger partial charge in [0.1, 0.15) is 11.6 Å². The molecule has 4 atom stereocenters. The molecule has 4 aromatic rings. The zero-order chi connectivity index (χ0) is 54.2. The molecule has 5 rings (SSSR count). The Morgan fingerprint density at radius 3 is 1.22 bits per heavy atom. The predicted octanol–water partition coefficient (Wildman–Crippen LogP) is 5.54. The fourth-order valence-corrected chi connectivity index (χ4v) is 7.80. The van der Waals surface area contributed by atoms with Gasteiger partial charge in [0.15, 0.2) is 0 Å². The average molecular weight is 1090 g/mol. The Kier molecular flexibility index (Phi) is 26.1. The number of benzene rings is 2. The third kappa shape index (κ3) is 21.3. The second-order valence-electron chi connectivity index (χ2n) is 18.0. The minimum absolute atomic E-state index is 0. The van der Waals surface area contributed by atoms with Crippen LogP contribution in [0, 0.1) is 11.6 Å². The van der Waals surface area contributed by atoms with Gasteiger partial charge in [-0.2, -0.15) is 0 Å². The Hall–Kier alpha value is -4.56. The molecule has 1 saturated carbocycles. The first-order chi connectivity index (χ1) is 33.5. The summed E-state index contributed by atoms with van der Waals surface area (Å²) in [5, 5.41) is 57.6. The van der Waals surface area contributed by atoms with Crippen LogP contribution in [-0.2, 0) is 29.6 Å². The maximum atomic E-state index is 13.5. The number of sulfonamides is 2. The number of anilines is 2. The van der Waals surface area contributed by atoms with E-state index < -0.39 is 80.9 Å². The number of hydrogen-bond acceptors (Lipinski definition) is 15. The number of carboxylic acid groups (broad SMARTS) is 2. The molecule has 2 aromatic carbocycles. The maximum absolute atomic E-state index is 13.5. The van der Waals surface area contributed by atoms with Gasteiger partial charge in [-0.05, 0) is 73.2 Å². The van der Waals surface area contributed by atoms with Gasteiger partial charge in [-0.3, -0.25) is 9.59 Å². The van der Waals surface area contributed by atoms with Crippen LogP contribution in [0.5, 0.6) is 0 Å². The molecule has 0 amide bonds. The van der Waals surface area contributed by atoms with E-state index in [9.17, 15) is 55.6 Å². The molecule has 0 saturated heterocycles. The molecular weight excluding hydrogens is 1020 g/mol. The summed E-state index contributed by atoms with van der Waals surface area (Å²) in [5.74, 6) is -3.74. The number of nitrogens with zero attached hydrogens (tertiary/aromatic N) is 6. The standard InChI is InChI=1S/2C22H28FN3O6S.C5H11N.Ca.2H/c2*1-13(2)20-18(10-9-16(27)11-17(28)12-19(29)30)21(14-5-7-15(23)8-6-14)25-22(24-20)26(3)33(4,31)32;6-5-3-1-2-4-5;;;/h2*5-10,13,16-17,27-28H,11-12H2,1-4H3,(H,29,30);5H,1-4,6H2;;;/q;;;+2;2*-1/t2*16-,17-;;;;/m11..../s1. The summed E-state index contributed by atoms with van der Waals surface area (Å²) in [6.07, 6.45) is 6.97. The molecule has 0 radical (unpaired) electrons.